The van der Waals surface area contributed by atoms with Gasteiger partial charge in [0.25, 0.3) is 5.19 Å². The van der Waals surface area contributed by atoms with E-state index < -0.39 is 11.9 Å². The fraction of sp³-hybridized carbons (Fsp3) is 0.391. The molecule has 14 heteroatoms. The molecule has 0 saturated carbocycles. The molecule has 1 aliphatic heterocycles. The number of halogens is 1. The number of nitrogens with zero attached hydrogens (tertiary/aromatic N) is 5. The van der Waals surface area contributed by atoms with Gasteiger partial charge in [-0.15, -0.1) is 0 Å². The van der Waals surface area contributed by atoms with Crippen molar-refractivity contribution < 1.29 is 38.0 Å². The fourth-order valence-electron chi connectivity index (χ4n) is 3.93. The highest BCUT2D eigenvalue weighted by molar-refractivity contribution is 7.11. The normalized spacial score (nSPS) is 14.3. The summed E-state index contributed by atoms with van der Waals surface area (Å²) in [5.41, 5.74) is 2.14. The van der Waals surface area contributed by atoms with Crippen LogP contribution in [0.3, 0.4) is 0 Å². The summed E-state index contributed by atoms with van der Waals surface area (Å²) in [6, 6.07) is 4.63. The van der Waals surface area contributed by atoms with Gasteiger partial charge in [-0.1, -0.05) is 21.7 Å². The molecule has 0 radical (unpaired) electrons. The van der Waals surface area contributed by atoms with E-state index in [-0.39, 0.29) is 5.82 Å². The first kappa shape index (κ1) is 26.2. The minimum absolute atomic E-state index is 0.300. The number of benzene rings is 1. The summed E-state index contributed by atoms with van der Waals surface area (Å²) in [6.45, 7) is 5.33. The van der Waals surface area contributed by atoms with Gasteiger partial charge in [-0.3, -0.25) is 0 Å². The molecule has 0 spiro atoms. The van der Waals surface area contributed by atoms with E-state index in [0.29, 0.717) is 40.7 Å². The lowest BCUT2D eigenvalue weighted by molar-refractivity contribution is -0.159. The van der Waals surface area contributed by atoms with Crippen molar-refractivity contribution in [2.45, 2.75) is 32.1 Å². The number of ether oxygens (including phenoxy) is 1. The standard InChI is InChI=1S/C21H22FN5O3S.C2H2O4/c1-13-23-20(26-29-13)17-12-31-21(24-17)28-10-2-7-27-8-5-14(6-9-27)19-16-4-3-15(22)11-18(16)30-25-19;3-1(4)2(5)6/h3-4,11-12,14H,2,5-10H2,1H3;(H,3,4)(H,5,6). The second kappa shape index (κ2) is 11.9. The number of carboxylic acid groups (broad SMARTS) is 2. The van der Waals surface area contributed by atoms with Crippen LogP contribution in [0.2, 0.25) is 0 Å². The number of thiazole rings is 1. The Bertz CT molecular complexity index is 1350. The van der Waals surface area contributed by atoms with E-state index in [4.69, 9.17) is 33.6 Å². The van der Waals surface area contributed by atoms with E-state index >= 15 is 0 Å². The maximum absolute atomic E-state index is 13.4. The first-order valence-corrected chi connectivity index (χ1v) is 12.3. The monoisotopic (exact) mass is 533 g/mol. The van der Waals surface area contributed by atoms with Crippen LogP contribution < -0.4 is 4.74 Å². The van der Waals surface area contributed by atoms with Crippen LogP contribution in [0.1, 0.15) is 36.8 Å². The molecule has 1 fully saturated rings. The van der Waals surface area contributed by atoms with Gasteiger partial charge in [0, 0.05) is 36.2 Å². The molecule has 0 aliphatic carbocycles. The Balaban J connectivity index is 0.000000480. The molecule has 2 N–H and O–H groups in total. The van der Waals surface area contributed by atoms with Crippen molar-refractivity contribution in [1.82, 2.24) is 25.2 Å². The lowest BCUT2D eigenvalue weighted by atomic mass is 9.91. The third-order valence-electron chi connectivity index (χ3n) is 5.70. The highest BCUT2D eigenvalue weighted by atomic mass is 32.1. The maximum atomic E-state index is 13.4. The van der Waals surface area contributed by atoms with E-state index in [2.05, 4.69) is 25.2 Å². The van der Waals surface area contributed by atoms with Gasteiger partial charge in [0.05, 0.1) is 12.3 Å². The van der Waals surface area contributed by atoms with Crippen molar-refractivity contribution in [2.24, 2.45) is 0 Å². The van der Waals surface area contributed by atoms with Gasteiger partial charge in [0.15, 0.2) is 5.58 Å². The summed E-state index contributed by atoms with van der Waals surface area (Å²) in [4.78, 5) is 29.2. The summed E-state index contributed by atoms with van der Waals surface area (Å²) in [6.07, 6.45) is 2.95. The minimum atomic E-state index is -1.82. The number of likely N-dealkylation sites (tertiary alicyclic amines) is 1. The van der Waals surface area contributed by atoms with E-state index in [1.807, 2.05) is 5.38 Å². The van der Waals surface area contributed by atoms with Crippen LogP contribution in [0.5, 0.6) is 5.19 Å². The van der Waals surface area contributed by atoms with Crippen LogP contribution in [0.4, 0.5) is 4.39 Å². The Morgan fingerprint density at radius 2 is 1.92 bits per heavy atom. The Morgan fingerprint density at radius 1 is 1.16 bits per heavy atom. The molecule has 4 aromatic rings. The van der Waals surface area contributed by atoms with Gasteiger partial charge in [-0.2, -0.15) is 9.97 Å². The van der Waals surface area contributed by atoms with Gasteiger partial charge in [0.1, 0.15) is 11.5 Å². The number of aryl methyl sites for hydroxylation is 1. The van der Waals surface area contributed by atoms with Crippen LogP contribution >= 0.6 is 11.3 Å². The molecule has 196 valence electrons. The Hall–Kier alpha value is -3.91. The number of carbonyl (C=O) groups is 2. The molecule has 0 bridgehead atoms. The predicted octanol–water partition coefficient (Wildman–Crippen LogP) is 3.59. The maximum Gasteiger partial charge on any atom is 0.414 e. The quantitative estimate of drug-likeness (QED) is 0.262. The molecule has 37 heavy (non-hydrogen) atoms. The van der Waals surface area contributed by atoms with E-state index in [1.165, 1.54) is 23.5 Å². The van der Waals surface area contributed by atoms with Gasteiger partial charge in [0.2, 0.25) is 11.7 Å². The largest absolute Gasteiger partial charge is 0.473 e. The van der Waals surface area contributed by atoms with Crippen molar-refractivity contribution in [3.8, 4) is 16.7 Å². The summed E-state index contributed by atoms with van der Waals surface area (Å²) in [5.74, 6) is -2.60. The van der Waals surface area contributed by atoms with Gasteiger partial charge >= 0.3 is 11.9 Å². The minimum Gasteiger partial charge on any atom is -0.473 e. The number of hydrogen-bond acceptors (Lipinski definition) is 11. The molecule has 4 heterocycles. The molecule has 0 amide bonds. The molecule has 1 aliphatic rings. The average molecular weight is 534 g/mol. The summed E-state index contributed by atoms with van der Waals surface area (Å²) in [7, 11) is 0. The number of carboxylic acids is 2. The fourth-order valence-corrected chi connectivity index (χ4v) is 4.61. The molecular formula is C23H24FN5O7S. The zero-order valence-corrected chi connectivity index (χ0v) is 20.6. The molecule has 12 nitrogen and oxygen atoms in total. The Labute approximate surface area is 213 Å². The average Bonchev–Trinajstić information content (AvgIpc) is 3.62. The lowest BCUT2D eigenvalue weighted by Crippen LogP contribution is -2.34. The third kappa shape index (κ3) is 6.86. The second-order valence-corrected chi connectivity index (χ2v) is 9.09. The van der Waals surface area contributed by atoms with Crippen molar-refractivity contribution in [3.63, 3.8) is 0 Å². The highest BCUT2D eigenvalue weighted by Gasteiger charge is 2.25. The highest BCUT2D eigenvalue weighted by Crippen LogP contribution is 2.33. The van der Waals surface area contributed by atoms with Crippen LogP contribution in [0.15, 0.2) is 32.6 Å². The Kier molecular flexibility index (Phi) is 8.40. The number of fused-ring (bicyclic) bond motifs is 1. The molecule has 0 atom stereocenters. The van der Waals surface area contributed by atoms with Crippen molar-refractivity contribution in [3.05, 3.63) is 41.0 Å². The number of hydrogen-bond donors (Lipinski definition) is 2. The van der Waals surface area contributed by atoms with E-state index in [0.717, 1.165) is 50.0 Å². The molecule has 3 aromatic heterocycles. The van der Waals surface area contributed by atoms with Crippen molar-refractivity contribution in [1.29, 1.82) is 0 Å². The van der Waals surface area contributed by atoms with Crippen LogP contribution in [0.25, 0.3) is 22.5 Å². The van der Waals surface area contributed by atoms with Gasteiger partial charge < -0.3 is 28.9 Å². The van der Waals surface area contributed by atoms with E-state index in [1.54, 1.807) is 13.0 Å². The third-order valence-corrected chi connectivity index (χ3v) is 6.46. The zero-order valence-electron chi connectivity index (χ0n) is 19.8. The van der Waals surface area contributed by atoms with Crippen molar-refractivity contribution in [2.75, 3.05) is 26.2 Å². The summed E-state index contributed by atoms with van der Waals surface area (Å²) < 4.78 is 29.5. The molecule has 0 unspecified atom stereocenters. The second-order valence-electron chi connectivity index (χ2n) is 8.27. The Morgan fingerprint density at radius 3 is 2.59 bits per heavy atom. The van der Waals surface area contributed by atoms with Gasteiger partial charge in [-0.05, 0) is 44.5 Å². The first-order chi connectivity index (χ1) is 17.8. The number of aliphatic carboxylic acids is 2. The molecule has 5 rings (SSSR count). The summed E-state index contributed by atoms with van der Waals surface area (Å²) >= 11 is 1.43. The smallest absolute Gasteiger partial charge is 0.414 e. The first-order valence-electron chi connectivity index (χ1n) is 11.4. The number of aromatic nitrogens is 4. The van der Waals surface area contributed by atoms with Crippen LogP contribution in [0, 0.1) is 12.7 Å². The van der Waals surface area contributed by atoms with Crippen LogP contribution in [-0.4, -0.2) is 73.6 Å². The van der Waals surface area contributed by atoms with E-state index in [9.17, 15) is 4.39 Å². The topological polar surface area (TPSA) is 165 Å². The van der Waals surface area contributed by atoms with Crippen molar-refractivity contribution >= 4 is 34.2 Å². The molecule has 1 aromatic carbocycles. The zero-order chi connectivity index (χ0) is 26.4. The SMILES string of the molecule is Cc1nc(-c2csc(OCCCN3CCC(c4noc5cc(F)ccc45)CC3)n2)no1.O=C(O)C(=O)O. The van der Waals surface area contributed by atoms with Gasteiger partial charge in [-0.25, -0.2) is 14.0 Å². The molecular weight excluding hydrogens is 509 g/mol. The lowest BCUT2D eigenvalue weighted by Gasteiger charge is -2.31. The summed E-state index contributed by atoms with van der Waals surface area (Å²) in [5, 5.41) is 26.3. The number of rotatable bonds is 7. The predicted molar refractivity (Wildman–Crippen MR) is 128 cm³/mol. The number of piperidine rings is 1. The van der Waals surface area contributed by atoms with Crippen LogP contribution in [-0.2, 0) is 9.59 Å². The molecule has 1 saturated heterocycles.